The molecule has 0 radical (unpaired) electrons. The number of nitrogens with zero attached hydrogens (tertiary/aromatic N) is 1. The minimum Gasteiger partial charge on any atom is -0.325 e. The number of anilines is 2. The predicted octanol–water partition coefficient (Wildman–Crippen LogP) is 5.97. The topological polar surface area (TPSA) is 101 Å². The molecule has 33 heavy (non-hydrogen) atoms. The molecule has 0 bridgehead atoms. The average Bonchev–Trinajstić information content (AvgIpc) is 2.78. The summed E-state index contributed by atoms with van der Waals surface area (Å²) in [4.78, 5) is 36.7. The van der Waals surface area contributed by atoms with Crippen LogP contribution < -0.4 is 10.6 Å². The van der Waals surface area contributed by atoms with Gasteiger partial charge in [-0.3, -0.25) is 19.7 Å². The minimum absolute atomic E-state index is 0.0172. The lowest BCUT2D eigenvalue weighted by Gasteiger charge is -2.16. The Balaban J connectivity index is 1.68. The number of carbonyl (C=O) groups is 2. The summed E-state index contributed by atoms with van der Waals surface area (Å²) in [6.07, 6.45) is 0.586. The number of rotatable bonds is 8. The lowest BCUT2D eigenvalue weighted by molar-refractivity contribution is -0.384. The summed E-state index contributed by atoms with van der Waals surface area (Å²) in [6, 6.07) is 19.1. The van der Waals surface area contributed by atoms with E-state index in [2.05, 4.69) is 10.6 Å². The molecule has 0 spiro atoms. The SMILES string of the molecule is CCC(Sc1cccc(NC(=O)c2cccc(C)c2)c1)C(=O)Nc1ccc([N+](=O)[O-])cc1C. The van der Waals surface area contributed by atoms with Crippen LogP contribution in [0.5, 0.6) is 0 Å². The molecule has 7 nitrogen and oxygen atoms in total. The molecule has 0 heterocycles. The Morgan fingerprint density at radius 2 is 1.76 bits per heavy atom. The fourth-order valence-corrected chi connectivity index (χ4v) is 4.25. The molecule has 2 amide bonds. The molecule has 3 rings (SSSR count). The first-order valence-electron chi connectivity index (χ1n) is 10.5. The Hall–Kier alpha value is -3.65. The second-order valence-electron chi connectivity index (χ2n) is 7.61. The largest absolute Gasteiger partial charge is 0.325 e. The van der Waals surface area contributed by atoms with Crippen molar-refractivity contribution in [1.29, 1.82) is 0 Å². The van der Waals surface area contributed by atoms with Crippen molar-refractivity contribution in [3.8, 4) is 0 Å². The zero-order valence-corrected chi connectivity index (χ0v) is 19.4. The maximum atomic E-state index is 12.9. The molecule has 0 aromatic heterocycles. The number of carbonyl (C=O) groups excluding carboxylic acids is 2. The molecule has 2 N–H and O–H groups in total. The van der Waals surface area contributed by atoms with E-state index in [1.165, 1.54) is 23.9 Å². The van der Waals surface area contributed by atoms with Crippen molar-refractivity contribution in [3.63, 3.8) is 0 Å². The Morgan fingerprint density at radius 3 is 2.42 bits per heavy atom. The van der Waals surface area contributed by atoms with E-state index in [0.29, 0.717) is 28.9 Å². The number of non-ortho nitro benzene ring substituents is 1. The van der Waals surface area contributed by atoms with E-state index in [1.54, 1.807) is 25.1 Å². The monoisotopic (exact) mass is 463 g/mol. The van der Waals surface area contributed by atoms with Crippen LogP contribution in [-0.2, 0) is 4.79 Å². The number of amides is 2. The van der Waals surface area contributed by atoms with E-state index in [-0.39, 0.29) is 22.8 Å². The van der Waals surface area contributed by atoms with Crippen molar-refractivity contribution < 1.29 is 14.5 Å². The second kappa shape index (κ2) is 10.8. The van der Waals surface area contributed by atoms with Crippen molar-refractivity contribution in [3.05, 3.63) is 93.5 Å². The zero-order valence-electron chi connectivity index (χ0n) is 18.6. The number of hydrogen-bond donors (Lipinski definition) is 2. The lowest BCUT2D eigenvalue weighted by atomic mass is 10.1. The fourth-order valence-electron chi connectivity index (χ4n) is 3.24. The third kappa shape index (κ3) is 6.43. The Labute approximate surface area is 196 Å². The Bertz CT molecular complexity index is 1200. The van der Waals surface area contributed by atoms with Crippen LogP contribution in [0.2, 0.25) is 0 Å². The highest BCUT2D eigenvalue weighted by molar-refractivity contribution is 8.00. The molecule has 3 aromatic carbocycles. The normalized spacial score (nSPS) is 11.5. The van der Waals surface area contributed by atoms with E-state index < -0.39 is 4.92 Å². The van der Waals surface area contributed by atoms with E-state index in [4.69, 9.17) is 0 Å². The highest BCUT2D eigenvalue weighted by Crippen LogP contribution is 2.29. The molecule has 0 fully saturated rings. The summed E-state index contributed by atoms with van der Waals surface area (Å²) in [6.45, 7) is 5.57. The van der Waals surface area contributed by atoms with Crippen molar-refractivity contribution in [2.75, 3.05) is 10.6 Å². The molecule has 0 aliphatic rings. The maximum absolute atomic E-state index is 12.9. The summed E-state index contributed by atoms with van der Waals surface area (Å²) >= 11 is 1.40. The van der Waals surface area contributed by atoms with Crippen LogP contribution in [-0.4, -0.2) is 22.0 Å². The predicted molar refractivity (Wildman–Crippen MR) is 132 cm³/mol. The molecule has 0 saturated carbocycles. The smallest absolute Gasteiger partial charge is 0.269 e. The van der Waals surface area contributed by atoms with Gasteiger partial charge in [0, 0.05) is 34.0 Å². The third-order valence-electron chi connectivity index (χ3n) is 4.99. The highest BCUT2D eigenvalue weighted by atomic mass is 32.2. The van der Waals surface area contributed by atoms with Crippen molar-refractivity contribution >= 4 is 40.6 Å². The first-order valence-corrected chi connectivity index (χ1v) is 11.4. The molecular formula is C25H25N3O4S. The van der Waals surface area contributed by atoms with Gasteiger partial charge in [0.05, 0.1) is 10.2 Å². The number of benzene rings is 3. The van der Waals surface area contributed by atoms with Gasteiger partial charge in [-0.2, -0.15) is 0 Å². The summed E-state index contributed by atoms with van der Waals surface area (Å²) in [5.41, 5.74) is 3.39. The van der Waals surface area contributed by atoms with Crippen molar-refractivity contribution in [2.24, 2.45) is 0 Å². The van der Waals surface area contributed by atoms with E-state index >= 15 is 0 Å². The maximum Gasteiger partial charge on any atom is 0.269 e. The molecule has 3 aromatic rings. The number of aryl methyl sites for hydroxylation is 2. The zero-order chi connectivity index (χ0) is 24.0. The van der Waals surface area contributed by atoms with E-state index in [9.17, 15) is 19.7 Å². The molecule has 8 heteroatoms. The van der Waals surface area contributed by atoms with Gasteiger partial charge in [-0.15, -0.1) is 11.8 Å². The van der Waals surface area contributed by atoms with Crippen LogP contribution in [0.3, 0.4) is 0 Å². The quantitative estimate of drug-likeness (QED) is 0.243. The van der Waals surface area contributed by atoms with Gasteiger partial charge in [-0.1, -0.05) is 30.7 Å². The molecule has 0 aliphatic carbocycles. The van der Waals surface area contributed by atoms with Crippen molar-refractivity contribution in [1.82, 2.24) is 0 Å². The summed E-state index contributed by atoms with van der Waals surface area (Å²) < 4.78 is 0. The molecule has 0 aliphatic heterocycles. The van der Waals surface area contributed by atoms with Crippen LogP contribution in [0.4, 0.5) is 17.1 Å². The fraction of sp³-hybridized carbons (Fsp3) is 0.200. The number of nitro benzene ring substituents is 1. The van der Waals surface area contributed by atoms with Gasteiger partial charge >= 0.3 is 0 Å². The second-order valence-corrected chi connectivity index (χ2v) is 8.89. The number of thioether (sulfide) groups is 1. The third-order valence-corrected chi connectivity index (χ3v) is 6.35. The lowest BCUT2D eigenvalue weighted by Crippen LogP contribution is -2.25. The molecule has 1 atom stereocenters. The first kappa shape index (κ1) is 24.0. The van der Waals surface area contributed by atoms with Crippen LogP contribution in [0.15, 0.2) is 71.6 Å². The van der Waals surface area contributed by atoms with Gasteiger partial charge in [0.1, 0.15) is 0 Å². The van der Waals surface area contributed by atoms with Gasteiger partial charge in [0.25, 0.3) is 11.6 Å². The van der Waals surface area contributed by atoms with Gasteiger partial charge in [-0.25, -0.2) is 0 Å². The summed E-state index contributed by atoms with van der Waals surface area (Å²) in [5.74, 6) is -0.382. The molecular weight excluding hydrogens is 438 g/mol. The molecule has 1 unspecified atom stereocenters. The minimum atomic E-state index is -0.464. The summed E-state index contributed by atoms with van der Waals surface area (Å²) in [5, 5.41) is 16.3. The van der Waals surface area contributed by atoms with Crippen LogP contribution >= 0.6 is 11.8 Å². The molecule has 170 valence electrons. The van der Waals surface area contributed by atoms with Gasteiger partial charge in [0.15, 0.2) is 0 Å². The average molecular weight is 464 g/mol. The van der Waals surface area contributed by atoms with Crippen LogP contribution in [0, 0.1) is 24.0 Å². The number of nitro groups is 1. The highest BCUT2D eigenvalue weighted by Gasteiger charge is 2.20. The van der Waals surface area contributed by atoms with Crippen molar-refractivity contribution in [2.45, 2.75) is 37.3 Å². The number of hydrogen-bond acceptors (Lipinski definition) is 5. The van der Waals surface area contributed by atoms with Gasteiger partial charge in [-0.05, 0) is 62.2 Å². The van der Waals surface area contributed by atoms with Gasteiger partial charge < -0.3 is 10.6 Å². The first-order chi connectivity index (χ1) is 15.8. The summed E-state index contributed by atoms with van der Waals surface area (Å²) in [7, 11) is 0. The standard InChI is InChI=1S/C25H25N3O4S/c1-4-23(25(30)27-22-12-11-20(28(31)32)14-17(22)3)33-21-10-6-9-19(15-21)26-24(29)18-8-5-7-16(2)13-18/h5-15,23H,4H2,1-3H3,(H,26,29)(H,27,30). The molecule has 0 saturated heterocycles. The Morgan fingerprint density at radius 1 is 1.00 bits per heavy atom. The van der Waals surface area contributed by atoms with E-state index in [1.807, 2.05) is 50.2 Å². The van der Waals surface area contributed by atoms with Crippen LogP contribution in [0.1, 0.15) is 34.8 Å². The number of nitrogens with one attached hydrogen (secondary N) is 2. The van der Waals surface area contributed by atoms with Gasteiger partial charge in [0.2, 0.25) is 5.91 Å². The van der Waals surface area contributed by atoms with Crippen LogP contribution in [0.25, 0.3) is 0 Å². The Kier molecular flexibility index (Phi) is 7.84. The van der Waals surface area contributed by atoms with E-state index in [0.717, 1.165) is 10.5 Å².